The lowest BCUT2D eigenvalue weighted by molar-refractivity contribution is 0.138. The summed E-state index contributed by atoms with van der Waals surface area (Å²) in [7, 11) is 3.49. The first-order chi connectivity index (χ1) is 8.56. The van der Waals surface area contributed by atoms with Crippen LogP contribution in [0.5, 0.6) is 0 Å². The zero-order valence-corrected chi connectivity index (χ0v) is 10.9. The van der Waals surface area contributed by atoms with Crippen molar-refractivity contribution in [3.05, 3.63) is 0 Å². The summed E-state index contributed by atoms with van der Waals surface area (Å²) in [5, 5.41) is 0. The van der Waals surface area contributed by atoms with E-state index in [1.165, 1.54) is 0 Å². The van der Waals surface area contributed by atoms with E-state index in [1.807, 2.05) is 6.92 Å². The number of ether oxygens (including phenoxy) is 1. The summed E-state index contributed by atoms with van der Waals surface area (Å²) in [6.45, 7) is 3.82. The topological polar surface area (TPSA) is 59.6 Å². The Morgan fingerprint density at radius 3 is 2.17 bits per heavy atom. The van der Waals surface area contributed by atoms with Crippen LogP contribution in [0.4, 0.5) is 9.59 Å². The zero-order valence-electron chi connectivity index (χ0n) is 10.9. The Morgan fingerprint density at radius 2 is 1.67 bits per heavy atom. The van der Waals surface area contributed by atoms with Crippen LogP contribution in [0.2, 0.25) is 0 Å². The van der Waals surface area contributed by atoms with Gasteiger partial charge < -0.3 is 19.4 Å². The standard InChI is InChI=1S/C11H18N4O3/c1-4-14-8-9(13(3)10(16)12(8)2)15(11(14)17)5-7-6-18-7/h7-9H,4-6H2,1-3H3/t7-,8+,9+/m1/s1. The Labute approximate surface area is 106 Å². The van der Waals surface area contributed by atoms with E-state index in [1.54, 1.807) is 33.7 Å². The number of hydrogen-bond acceptors (Lipinski definition) is 3. The van der Waals surface area contributed by atoms with Gasteiger partial charge in [-0.1, -0.05) is 0 Å². The molecule has 3 atom stereocenters. The van der Waals surface area contributed by atoms with Gasteiger partial charge in [-0.05, 0) is 6.92 Å². The molecule has 0 aromatic carbocycles. The third-order valence-corrected chi connectivity index (χ3v) is 3.94. The van der Waals surface area contributed by atoms with Gasteiger partial charge in [-0.15, -0.1) is 0 Å². The normalized spacial score (nSPS) is 34.7. The Morgan fingerprint density at radius 1 is 1.11 bits per heavy atom. The van der Waals surface area contributed by atoms with Crippen molar-refractivity contribution in [2.45, 2.75) is 25.4 Å². The molecule has 0 aliphatic carbocycles. The molecule has 7 heteroatoms. The highest BCUT2D eigenvalue weighted by Gasteiger charge is 2.57. The van der Waals surface area contributed by atoms with Crippen molar-refractivity contribution in [3.8, 4) is 0 Å². The van der Waals surface area contributed by atoms with E-state index in [-0.39, 0.29) is 30.5 Å². The van der Waals surface area contributed by atoms with Crippen LogP contribution in [0.3, 0.4) is 0 Å². The number of nitrogens with zero attached hydrogens (tertiary/aromatic N) is 4. The molecule has 3 fully saturated rings. The number of epoxide rings is 1. The van der Waals surface area contributed by atoms with Crippen LogP contribution in [0, 0.1) is 0 Å². The Balaban J connectivity index is 1.91. The van der Waals surface area contributed by atoms with Gasteiger partial charge in [-0.25, -0.2) is 9.59 Å². The van der Waals surface area contributed by atoms with Gasteiger partial charge in [0.05, 0.1) is 19.3 Å². The van der Waals surface area contributed by atoms with E-state index in [0.717, 1.165) is 0 Å². The molecule has 3 aliphatic rings. The molecule has 3 aliphatic heterocycles. The van der Waals surface area contributed by atoms with Crippen LogP contribution >= 0.6 is 0 Å². The maximum absolute atomic E-state index is 12.3. The smallest absolute Gasteiger partial charge is 0.323 e. The van der Waals surface area contributed by atoms with Crippen molar-refractivity contribution in [1.29, 1.82) is 0 Å². The second-order valence-corrected chi connectivity index (χ2v) is 5.01. The summed E-state index contributed by atoms with van der Waals surface area (Å²) in [6, 6.07) is -0.0492. The molecule has 0 aromatic rings. The lowest BCUT2D eigenvalue weighted by Gasteiger charge is -2.26. The average molecular weight is 254 g/mol. The highest BCUT2D eigenvalue weighted by atomic mass is 16.6. The van der Waals surface area contributed by atoms with Gasteiger partial charge in [0.2, 0.25) is 0 Å². The third-order valence-electron chi connectivity index (χ3n) is 3.94. The summed E-state index contributed by atoms with van der Waals surface area (Å²) in [5.41, 5.74) is 0. The fraction of sp³-hybridized carbons (Fsp3) is 0.818. The number of urea groups is 2. The summed E-state index contributed by atoms with van der Waals surface area (Å²) in [4.78, 5) is 31.1. The van der Waals surface area contributed by atoms with E-state index < -0.39 is 0 Å². The Hall–Kier alpha value is -1.50. The summed E-state index contributed by atoms with van der Waals surface area (Å²) >= 11 is 0. The molecule has 0 saturated carbocycles. The van der Waals surface area contributed by atoms with Crippen LogP contribution in [-0.2, 0) is 4.74 Å². The predicted octanol–water partition coefficient (Wildman–Crippen LogP) is -0.208. The first-order valence-electron chi connectivity index (χ1n) is 6.24. The van der Waals surface area contributed by atoms with E-state index in [0.29, 0.717) is 19.7 Å². The minimum absolute atomic E-state index is 0.00537. The highest BCUT2D eigenvalue weighted by Crippen LogP contribution is 2.33. The second kappa shape index (κ2) is 3.74. The van der Waals surface area contributed by atoms with Gasteiger partial charge in [-0.3, -0.25) is 4.90 Å². The molecule has 4 amide bonds. The van der Waals surface area contributed by atoms with E-state index in [9.17, 15) is 9.59 Å². The average Bonchev–Trinajstić information content (AvgIpc) is 3.09. The van der Waals surface area contributed by atoms with Crippen molar-refractivity contribution in [2.75, 3.05) is 33.8 Å². The molecule has 0 spiro atoms. The van der Waals surface area contributed by atoms with Gasteiger partial charge in [0.1, 0.15) is 12.3 Å². The maximum atomic E-state index is 12.3. The van der Waals surface area contributed by atoms with Crippen molar-refractivity contribution in [3.63, 3.8) is 0 Å². The summed E-state index contributed by atoms with van der Waals surface area (Å²) in [6.07, 6.45) is -0.237. The molecule has 18 heavy (non-hydrogen) atoms. The number of rotatable bonds is 3. The zero-order chi connectivity index (χ0) is 13.0. The molecule has 0 N–H and O–H groups in total. The van der Waals surface area contributed by atoms with Crippen molar-refractivity contribution < 1.29 is 14.3 Å². The van der Waals surface area contributed by atoms with Crippen molar-refractivity contribution in [2.24, 2.45) is 0 Å². The molecule has 0 aromatic heterocycles. The van der Waals surface area contributed by atoms with Crippen LogP contribution in [-0.4, -0.2) is 83.9 Å². The molecule has 100 valence electrons. The van der Waals surface area contributed by atoms with Crippen LogP contribution in [0.15, 0.2) is 0 Å². The summed E-state index contributed by atoms with van der Waals surface area (Å²) in [5.74, 6) is 0. The highest BCUT2D eigenvalue weighted by molar-refractivity contribution is 5.84. The van der Waals surface area contributed by atoms with Gasteiger partial charge in [-0.2, -0.15) is 0 Å². The van der Waals surface area contributed by atoms with Crippen LogP contribution < -0.4 is 0 Å². The molecule has 0 radical (unpaired) electrons. The SMILES string of the molecule is CCN1C(=O)N(C[C@@H]2CO2)[C@H]2[C@H]1N(C)C(=O)N2C. The van der Waals surface area contributed by atoms with E-state index >= 15 is 0 Å². The van der Waals surface area contributed by atoms with Gasteiger partial charge in [0, 0.05) is 20.6 Å². The molecule has 7 nitrogen and oxygen atoms in total. The fourth-order valence-electron chi connectivity index (χ4n) is 2.91. The molecule has 0 unspecified atom stereocenters. The molecular formula is C11H18N4O3. The number of carbonyl (C=O) groups excluding carboxylic acids is 2. The Kier molecular flexibility index (Phi) is 2.41. The lowest BCUT2D eigenvalue weighted by Crippen LogP contribution is -2.46. The molecule has 0 bridgehead atoms. The molecule has 3 rings (SSSR count). The second-order valence-electron chi connectivity index (χ2n) is 5.01. The monoisotopic (exact) mass is 254 g/mol. The minimum atomic E-state index is -0.195. The number of fused-ring (bicyclic) bond motifs is 1. The van der Waals surface area contributed by atoms with Crippen LogP contribution in [0.25, 0.3) is 0 Å². The molecule has 3 heterocycles. The lowest BCUT2D eigenvalue weighted by atomic mass is 10.3. The number of likely N-dealkylation sites (N-methyl/N-ethyl adjacent to an activating group) is 3. The van der Waals surface area contributed by atoms with Gasteiger partial charge in [0.25, 0.3) is 0 Å². The first-order valence-corrected chi connectivity index (χ1v) is 6.24. The van der Waals surface area contributed by atoms with Gasteiger partial charge in [0.15, 0.2) is 0 Å². The molecule has 3 saturated heterocycles. The first kappa shape index (κ1) is 11.6. The van der Waals surface area contributed by atoms with Crippen molar-refractivity contribution >= 4 is 12.1 Å². The molecular weight excluding hydrogens is 236 g/mol. The third kappa shape index (κ3) is 1.40. The number of hydrogen-bond donors (Lipinski definition) is 0. The predicted molar refractivity (Wildman–Crippen MR) is 62.7 cm³/mol. The van der Waals surface area contributed by atoms with Crippen LogP contribution in [0.1, 0.15) is 6.92 Å². The fourth-order valence-corrected chi connectivity index (χ4v) is 2.91. The van der Waals surface area contributed by atoms with E-state index in [4.69, 9.17) is 4.74 Å². The Bertz CT molecular complexity index is 398. The quantitative estimate of drug-likeness (QED) is 0.655. The summed E-state index contributed by atoms with van der Waals surface area (Å²) < 4.78 is 5.20. The number of carbonyl (C=O) groups is 2. The minimum Gasteiger partial charge on any atom is -0.371 e. The van der Waals surface area contributed by atoms with Gasteiger partial charge >= 0.3 is 12.1 Å². The van der Waals surface area contributed by atoms with Crippen molar-refractivity contribution in [1.82, 2.24) is 19.6 Å². The largest absolute Gasteiger partial charge is 0.371 e. The number of amides is 4. The van der Waals surface area contributed by atoms with E-state index in [2.05, 4.69) is 0 Å². The maximum Gasteiger partial charge on any atom is 0.323 e.